The maximum Gasteiger partial charge on any atom is 0.257 e. The van der Waals surface area contributed by atoms with Gasteiger partial charge in [-0.25, -0.2) is 9.97 Å². The lowest BCUT2D eigenvalue weighted by Crippen LogP contribution is -2.11. The van der Waals surface area contributed by atoms with E-state index < -0.39 is 0 Å². The summed E-state index contributed by atoms with van der Waals surface area (Å²) in [6.45, 7) is 1.46. The molecule has 7 nitrogen and oxygen atoms in total. The summed E-state index contributed by atoms with van der Waals surface area (Å²) in [4.78, 5) is 32.5. The van der Waals surface area contributed by atoms with E-state index in [-0.39, 0.29) is 11.8 Å². The zero-order valence-electron chi connectivity index (χ0n) is 15.7. The molecule has 0 fully saturated rings. The number of thiazole rings is 1. The molecule has 2 heterocycles. The van der Waals surface area contributed by atoms with Crippen LogP contribution in [0.3, 0.4) is 0 Å². The summed E-state index contributed by atoms with van der Waals surface area (Å²) in [6, 6.07) is 12.8. The van der Waals surface area contributed by atoms with E-state index in [1.165, 1.54) is 18.3 Å². The molecule has 0 spiro atoms. The summed E-state index contributed by atoms with van der Waals surface area (Å²) in [5.41, 5.74) is 2.94. The Morgan fingerprint density at radius 3 is 2.62 bits per heavy atom. The van der Waals surface area contributed by atoms with E-state index in [9.17, 15) is 9.59 Å². The van der Waals surface area contributed by atoms with Gasteiger partial charge in [-0.15, -0.1) is 0 Å². The molecular weight excluding hydrogens is 406 g/mol. The van der Waals surface area contributed by atoms with Gasteiger partial charge in [0.25, 0.3) is 5.91 Å². The first-order valence-corrected chi connectivity index (χ1v) is 10.7. The first-order valence-electron chi connectivity index (χ1n) is 8.71. The van der Waals surface area contributed by atoms with Crippen molar-refractivity contribution in [2.45, 2.75) is 12.1 Å². The molecule has 4 rings (SSSR count). The summed E-state index contributed by atoms with van der Waals surface area (Å²) >= 11 is 2.92. The predicted molar refractivity (Wildman–Crippen MR) is 117 cm³/mol. The second-order valence-corrected chi connectivity index (χ2v) is 7.97. The Bertz CT molecular complexity index is 1200. The van der Waals surface area contributed by atoms with E-state index in [4.69, 9.17) is 0 Å². The van der Waals surface area contributed by atoms with Crippen molar-refractivity contribution < 1.29 is 9.59 Å². The summed E-state index contributed by atoms with van der Waals surface area (Å²) in [7, 11) is 0. The molecule has 0 aliphatic rings. The van der Waals surface area contributed by atoms with Crippen LogP contribution in [0.4, 0.5) is 10.8 Å². The van der Waals surface area contributed by atoms with Crippen LogP contribution in [0.2, 0.25) is 0 Å². The number of rotatable bonds is 5. The van der Waals surface area contributed by atoms with Crippen LogP contribution in [0.15, 0.2) is 60.0 Å². The minimum Gasteiger partial charge on any atom is -0.326 e. The minimum atomic E-state index is -0.228. The van der Waals surface area contributed by atoms with Gasteiger partial charge in [0.05, 0.1) is 10.2 Å². The molecule has 2 amide bonds. The van der Waals surface area contributed by atoms with Gasteiger partial charge in [-0.1, -0.05) is 23.1 Å². The van der Waals surface area contributed by atoms with E-state index in [1.54, 1.807) is 36.2 Å². The van der Waals surface area contributed by atoms with Crippen LogP contribution in [-0.4, -0.2) is 32.6 Å². The Balaban J connectivity index is 1.51. The number of aromatic nitrogens is 3. The number of nitrogens with one attached hydrogen (secondary N) is 2. The third-order valence-electron chi connectivity index (χ3n) is 4.13. The molecule has 0 saturated carbocycles. The van der Waals surface area contributed by atoms with Crippen LogP contribution in [-0.2, 0) is 4.79 Å². The molecule has 146 valence electrons. The maximum atomic E-state index is 12.6. The first-order chi connectivity index (χ1) is 14.0. The third kappa shape index (κ3) is 4.15. The summed E-state index contributed by atoms with van der Waals surface area (Å²) in [5.74, 6) is -0.361. The number of carbonyl (C=O) groups is 2. The molecule has 2 aromatic heterocycles. The highest BCUT2D eigenvalue weighted by Gasteiger charge is 2.11. The van der Waals surface area contributed by atoms with E-state index in [2.05, 4.69) is 20.6 Å². The number of amides is 2. The van der Waals surface area contributed by atoms with Gasteiger partial charge in [-0.2, -0.15) is 0 Å². The van der Waals surface area contributed by atoms with Crippen LogP contribution in [0.5, 0.6) is 0 Å². The molecule has 0 saturated heterocycles. The highest BCUT2D eigenvalue weighted by atomic mass is 32.2. The number of thioether (sulfide) groups is 1. The van der Waals surface area contributed by atoms with Gasteiger partial charge in [0.15, 0.2) is 10.3 Å². The highest BCUT2D eigenvalue weighted by Crippen LogP contribution is 2.29. The highest BCUT2D eigenvalue weighted by molar-refractivity contribution is 7.98. The fourth-order valence-electron chi connectivity index (χ4n) is 2.84. The van der Waals surface area contributed by atoms with Gasteiger partial charge in [0, 0.05) is 36.3 Å². The average molecular weight is 424 g/mol. The Kier molecular flexibility index (Phi) is 5.32. The van der Waals surface area contributed by atoms with Crippen molar-refractivity contribution in [2.24, 2.45) is 0 Å². The van der Waals surface area contributed by atoms with Crippen LogP contribution < -0.4 is 10.6 Å². The number of hydrogen-bond acceptors (Lipinski definition) is 6. The van der Waals surface area contributed by atoms with E-state index in [1.807, 2.05) is 41.3 Å². The third-order valence-corrected chi connectivity index (χ3v) is 5.73. The number of fused-ring (bicyclic) bond motifs is 1. The topological polar surface area (TPSA) is 88.9 Å². The van der Waals surface area contributed by atoms with Gasteiger partial charge in [-0.3, -0.25) is 19.5 Å². The van der Waals surface area contributed by atoms with Crippen molar-refractivity contribution >= 4 is 55.9 Å². The molecule has 29 heavy (non-hydrogen) atoms. The smallest absolute Gasteiger partial charge is 0.257 e. The van der Waals surface area contributed by atoms with Crippen molar-refractivity contribution in [1.29, 1.82) is 0 Å². The van der Waals surface area contributed by atoms with Crippen LogP contribution in [0, 0.1) is 0 Å². The SMILES string of the molecule is CSc1nccn1-c1ccc(C(=O)Nc2nc3ccc(NC(C)=O)cc3s2)cc1. The molecule has 0 aliphatic carbocycles. The van der Waals surface area contributed by atoms with Crippen molar-refractivity contribution in [3.05, 3.63) is 60.4 Å². The van der Waals surface area contributed by atoms with Crippen molar-refractivity contribution in [2.75, 3.05) is 16.9 Å². The maximum absolute atomic E-state index is 12.6. The number of imidazole rings is 1. The van der Waals surface area contributed by atoms with E-state index in [0.29, 0.717) is 16.4 Å². The molecule has 9 heteroatoms. The molecular formula is C20H17N5O2S2. The summed E-state index contributed by atoms with van der Waals surface area (Å²) in [5, 5.41) is 6.98. The zero-order valence-corrected chi connectivity index (χ0v) is 17.3. The Morgan fingerprint density at radius 2 is 1.90 bits per heavy atom. The monoisotopic (exact) mass is 423 g/mol. The number of nitrogens with zero attached hydrogens (tertiary/aromatic N) is 3. The summed E-state index contributed by atoms with van der Waals surface area (Å²) < 4.78 is 2.85. The van der Waals surface area contributed by atoms with Gasteiger partial charge >= 0.3 is 0 Å². The Morgan fingerprint density at radius 1 is 1.10 bits per heavy atom. The van der Waals surface area contributed by atoms with E-state index in [0.717, 1.165) is 21.1 Å². The van der Waals surface area contributed by atoms with E-state index >= 15 is 0 Å². The van der Waals surface area contributed by atoms with Crippen molar-refractivity contribution in [3.63, 3.8) is 0 Å². The first kappa shape index (κ1) is 19.2. The quantitative estimate of drug-likeness (QED) is 0.464. The average Bonchev–Trinajstić information content (AvgIpc) is 3.33. The normalized spacial score (nSPS) is 10.8. The van der Waals surface area contributed by atoms with Gasteiger partial charge in [0.2, 0.25) is 5.91 Å². The summed E-state index contributed by atoms with van der Waals surface area (Å²) in [6.07, 6.45) is 5.60. The molecule has 0 aliphatic heterocycles. The van der Waals surface area contributed by atoms with Crippen molar-refractivity contribution in [3.8, 4) is 5.69 Å². The predicted octanol–water partition coefficient (Wildman–Crippen LogP) is 4.41. The lowest BCUT2D eigenvalue weighted by Gasteiger charge is -2.07. The molecule has 0 atom stereocenters. The molecule has 0 bridgehead atoms. The second kappa shape index (κ2) is 8.06. The standard InChI is InChI=1S/C20H17N5O2S2/c1-12(26)22-14-5-8-16-17(11-14)29-19(23-16)24-18(27)13-3-6-15(7-4-13)25-10-9-21-20(25)28-2/h3-11H,1-2H3,(H,22,26)(H,23,24,27). The molecule has 0 radical (unpaired) electrons. The molecule has 2 N–H and O–H groups in total. The van der Waals surface area contributed by atoms with Gasteiger partial charge < -0.3 is 5.32 Å². The number of benzene rings is 2. The lowest BCUT2D eigenvalue weighted by molar-refractivity contribution is -0.114. The Labute approximate surface area is 175 Å². The van der Waals surface area contributed by atoms with Gasteiger partial charge in [-0.05, 0) is 48.7 Å². The molecule has 2 aromatic carbocycles. The number of carbonyl (C=O) groups excluding carboxylic acids is 2. The fourth-order valence-corrected chi connectivity index (χ4v) is 4.27. The second-order valence-electron chi connectivity index (χ2n) is 6.17. The number of anilines is 2. The van der Waals surface area contributed by atoms with Crippen molar-refractivity contribution in [1.82, 2.24) is 14.5 Å². The fraction of sp³-hybridized carbons (Fsp3) is 0.100. The minimum absolute atomic E-state index is 0.133. The lowest BCUT2D eigenvalue weighted by atomic mass is 10.2. The zero-order chi connectivity index (χ0) is 20.4. The van der Waals surface area contributed by atoms with Crippen LogP contribution >= 0.6 is 23.1 Å². The molecule has 4 aromatic rings. The van der Waals surface area contributed by atoms with Crippen LogP contribution in [0.1, 0.15) is 17.3 Å². The van der Waals surface area contributed by atoms with Crippen LogP contribution in [0.25, 0.3) is 15.9 Å². The van der Waals surface area contributed by atoms with Gasteiger partial charge in [0.1, 0.15) is 0 Å². The molecule has 0 unspecified atom stereocenters. The Hall–Kier alpha value is -3.17. The number of hydrogen-bond donors (Lipinski definition) is 2. The largest absolute Gasteiger partial charge is 0.326 e.